The lowest BCUT2D eigenvalue weighted by atomic mass is 10.1. The fourth-order valence-corrected chi connectivity index (χ4v) is 3.73. The van der Waals surface area contributed by atoms with Crippen molar-refractivity contribution in [1.82, 2.24) is 9.80 Å². The zero-order valence-electron chi connectivity index (χ0n) is 17.4. The van der Waals surface area contributed by atoms with Gasteiger partial charge in [-0.3, -0.25) is 4.79 Å². The lowest BCUT2D eigenvalue weighted by molar-refractivity contribution is -0.135. The van der Waals surface area contributed by atoms with Crippen LogP contribution in [0, 0.1) is 12.8 Å². The van der Waals surface area contributed by atoms with Gasteiger partial charge in [-0.25, -0.2) is 4.99 Å². The summed E-state index contributed by atoms with van der Waals surface area (Å²) in [6.07, 6.45) is 0. The van der Waals surface area contributed by atoms with Crippen LogP contribution in [0.3, 0.4) is 0 Å². The number of carbonyl (C=O) groups excluding carboxylic acids is 1. The van der Waals surface area contributed by atoms with Gasteiger partial charge in [-0.15, -0.1) is 0 Å². The summed E-state index contributed by atoms with van der Waals surface area (Å²) in [7, 11) is 1.66. The normalized spacial score (nSPS) is 15.8. The largest absolute Gasteiger partial charge is 0.497 e. The zero-order valence-corrected chi connectivity index (χ0v) is 17.4. The van der Waals surface area contributed by atoms with E-state index in [0.29, 0.717) is 13.1 Å². The fourth-order valence-electron chi connectivity index (χ4n) is 3.73. The van der Waals surface area contributed by atoms with Gasteiger partial charge in [0.2, 0.25) is 5.91 Å². The zero-order chi connectivity index (χ0) is 20.5. The summed E-state index contributed by atoms with van der Waals surface area (Å²) in [5.74, 6) is 3.35. The Morgan fingerprint density at radius 1 is 1.07 bits per heavy atom. The Morgan fingerprint density at radius 2 is 1.83 bits per heavy atom. The number of piperazine rings is 1. The molecule has 0 atom stereocenters. The van der Waals surface area contributed by atoms with Gasteiger partial charge in [0.1, 0.15) is 23.0 Å². The molecule has 2 aromatic rings. The van der Waals surface area contributed by atoms with Crippen molar-refractivity contribution >= 4 is 17.4 Å². The van der Waals surface area contributed by atoms with Crippen LogP contribution in [0.2, 0.25) is 0 Å². The molecule has 0 N–H and O–H groups in total. The summed E-state index contributed by atoms with van der Waals surface area (Å²) < 4.78 is 11.7. The van der Waals surface area contributed by atoms with E-state index in [1.54, 1.807) is 7.11 Å². The number of hydrogen-bond donors (Lipinski definition) is 0. The molecule has 2 aliphatic rings. The highest BCUT2D eigenvalue weighted by atomic mass is 16.5. The molecule has 1 amide bonds. The number of amidine groups is 1. The highest BCUT2D eigenvalue weighted by Crippen LogP contribution is 2.40. The number of aliphatic imine (C=N–C) groups is 1. The summed E-state index contributed by atoms with van der Waals surface area (Å²) in [6, 6.07) is 11.8. The van der Waals surface area contributed by atoms with Gasteiger partial charge in [-0.2, -0.15) is 0 Å². The van der Waals surface area contributed by atoms with E-state index in [9.17, 15) is 4.79 Å². The number of carbonyl (C=O) groups is 1. The maximum absolute atomic E-state index is 12.4. The molecule has 0 saturated carbocycles. The Bertz CT molecular complexity index is 960. The molecule has 0 spiro atoms. The first-order chi connectivity index (χ1) is 14.0. The smallest absolute Gasteiger partial charge is 0.225 e. The van der Waals surface area contributed by atoms with Gasteiger partial charge in [0.05, 0.1) is 12.7 Å². The molecule has 6 heteroatoms. The van der Waals surface area contributed by atoms with Crippen molar-refractivity contribution in [3.8, 4) is 17.2 Å². The molecule has 0 bridgehead atoms. The molecule has 29 heavy (non-hydrogen) atoms. The van der Waals surface area contributed by atoms with Crippen LogP contribution in [-0.2, 0) is 4.79 Å². The van der Waals surface area contributed by atoms with Gasteiger partial charge in [-0.05, 0) is 42.8 Å². The molecule has 2 aliphatic heterocycles. The van der Waals surface area contributed by atoms with Gasteiger partial charge < -0.3 is 19.3 Å². The molecular formula is C23H27N3O3. The molecule has 0 aromatic heterocycles. The number of fused-ring (bicyclic) bond motifs is 2. The fraction of sp³-hybridized carbons (Fsp3) is 0.391. The number of hydrogen-bond acceptors (Lipinski definition) is 5. The summed E-state index contributed by atoms with van der Waals surface area (Å²) in [6.45, 7) is 8.78. The lowest BCUT2D eigenvalue weighted by Gasteiger charge is -2.37. The van der Waals surface area contributed by atoms with E-state index in [1.807, 2.05) is 62.1 Å². The monoisotopic (exact) mass is 393 g/mol. The molecule has 0 radical (unpaired) electrons. The average Bonchev–Trinajstić information content (AvgIpc) is 2.89. The Morgan fingerprint density at radius 3 is 2.52 bits per heavy atom. The van der Waals surface area contributed by atoms with E-state index >= 15 is 0 Å². The predicted octanol–water partition coefficient (Wildman–Crippen LogP) is 3.99. The van der Waals surface area contributed by atoms with Crippen molar-refractivity contribution in [1.29, 1.82) is 0 Å². The second kappa shape index (κ2) is 7.78. The van der Waals surface area contributed by atoms with Gasteiger partial charge in [0.15, 0.2) is 5.75 Å². The van der Waals surface area contributed by atoms with Gasteiger partial charge in [-0.1, -0.05) is 19.9 Å². The number of amides is 1. The third kappa shape index (κ3) is 3.79. The number of ether oxygens (including phenoxy) is 2. The highest BCUT2D eigenvalue weighted by Gasteiger charge is 2.28. The average molecular weight is 393 g/mol. The minimum atomic E-state index is 0.0188. The van der Waals surface area contributed by atoms with Crippen LogP contribution in [0.1, 0.15) is 25.0 Å². The molecule has 6 nitrogen and oxygen atoms in total. The molecule has 0 unspecified atom stereocenters. The molecule has 2 heterocycles. The second-order valence-corrected chi connectivity index (χ2v) is 7.84. The van der Waals surface area contributed by atoms with E-state index in [-0.39, 0.29) is 11.8 Å². The van der Waals surface area contributed by atoms with Gasteiger partial charge in [0, 0.05) is 32.1 Å². The van der Waals surface area contributed by atoms with E-state index < -0.39 is 0 Å². The topological polar surface area (TPSA) is 54.4 Å². The number of methoxy groups -OCH3 is 1. The standard InChI is InChI=1S/C23H27N3O3/c1-15(2)23(27)26-11-9-25(10-12-26)22-18-14-17(28-4)6-8-20(18)29-21-13-16(3)5-7-19(21)24-22/h5-8,13-15H,9-12H2,1-4H3. The van der Waals surface area contributed by atoms with Crippen molar-refractivity contribution in [2.45, 2.75) is 20.8 Å². The first kappa shape index (κ1) is 19.3. The Kier molecular flexibility index (Phi) is 5.18. The summed E-state index contributed by atoms with van der Waals surface area (Å²) in [5.41, 5.74) is 2.83. The van der Waals surface area contributed by atoms with Crippen molar-refractivity contribution in [2.24, 2.45) is 10.9 Å². The molecule has 1 saturated heterocycles. The molecule has 0 aliphatic carbocycles. The number of rotatable bonds is 2. The maximum Gasteiger partial charge on any atom is 0.225 e. The summed E-state index contributed by atoms with van der Waals surface area (Å²) >= 11 is 0. The lowest BCUT2D eigenvalue weighted by Crippen LogP contribution is -2.51. The predicted molar refractivity (Wildman–Crippen MR) is 113 cm³/mol. The van der Waals surface area contributed by atoms with E-state index in [1.165, 1.54) is 0 Å². The van der Waals surface area contributed by atoms with Crippen molar-refractivity contribution in [2.75, 3.05) is 33.3 Å². The first-order valence-corrected chi connectivity index (χ1v) is 10.1. The molecule has 1 fully saturated rings. The van der Waals surface area contributed by atoms with E-state index in [0.717, 1.165) is 53.0 Å². The highest BCUT2D eigenvalue weighted by molar-refractivity contribution is 6.04. The number of aryl methyl sites for hydroxylation is 1. The quantitative estimate of drug-likeness (QED) is 0.774. The third-order valence-corrected chi connectivity index (χ3v) is 5.37. The molecule has 4 rings (SSSR count). The van der Waals surface area contributed by atoms with Gasteiger partial charge >= 0.3 is 0 Å². The summed E-state index contributed by atoms with van der Waals surface area (Å²) in [4.78, 5) is 21.5. The molecule has 152 valence electrons. The van der Waals surface area contributed by atoms with Crippen molar-refractivity contribution in [3.05, 3.63) is 47.5 Å². The minimum absolute atomic E-state index is 0.0188. The SMILES string of the molecule is COc1ccc2c(c1)C(N1CCN(C(=O)C(C)C)CC1)=Nc1ccc(C)cc1O2. The van der Waals surface area contributed by atoms with Crippen LogP contribution in [0.5, 0.6) is 17.2 Å². The van der Waals surface area contributed by atoms with E-state index in [2.05, 4.69) is 4.90 Å². The number of benzene rings is 2. The molecular weight excluding hydrogens is 366 g/mol. The number of nitrogens with zero attached hydrogens (tertiary/aromatic N) is 3. The van der Waals surface area contributed by atoms with Crippen LogP contribution in [0.25, 0.3) is 0 Å². The van der Waals surface area contributed by atoms with Crippen LogP contribution >= 0.6 is 0 Å². The third-order valence-electron chi connectivity index (χ3n) is 5.37. The minimum Gasteiger partial charge on any atom is -0.497 e. The Hall–Kier alpha value is -3.02. The maximum atomic E-state index is 12.4. The van der Waals surface area contributed by atoms with Crippen LogP contribution in [0.15, 0.2) is 41.4 Å². The van der Waals surface area contributed by atoms with Gasteiger partial charge in [0.25, 0.3) is 0 Å². The van der Waals surface area contributed by atoms with Crippen molar-refractivity contribution in [3.63, 3.8) is 0 Å². The Balaban J connectivity index is 1.71. The first-order valence-electron chi connectivity index (χ1n) is 10.1. The Labute approximate surface area is 171 Å². The van der Waals surface area contributed by atoms with Crippen molar-refractivity contribution < 1.29 is 14.3 Å². The second-order valence-electron chi connectivity index (χ2n) is 7.84. The summed E-state index contributed by atoms with van der Waals surface area (Å²) in [5, 5.41) is 0. The molecule has 2 aromatic carbocycles. The van der Waals surface area contributed by atoms with E-state index in [4.69, 9.17) is 14.5 Å². The van der Waals surface area contributed by atoms with Crippen LogP contribution < -0.4 is 9.47 Å². The van der Waals surface area contributed by atoms with Crippen LogP contribution in [-0.4, -0.2) is 54.8 Å². The van der Waals surface area contributed by atoms with Crippen LogP contribution in [0.4, 0.5) is 5.69 Å².